The van der Waals surface area contributed by atoms with Gasteiger partial charge in [0, 0.05) is 31.7 Å². The van der Waals surface area contributed by atoms with Crippen molar-refractivity contribution in [3.63, 3.8) is 0 Å². The van der Waals surface area contributed by atoms with E-state index in [1.807, 2.05) is 36.4 Å². The molecular formula is C21H29N5O. The smallest absolute Gasteiger partial charge is 0.256 e. The molecule has 27 heavy (non-hydrogen) atoms. The molecule has 2 heterocycles. The van der Waals surface area contributed by atoms with E-state index in [1.165, 1.54) is 5.56 Å². The van der Waals surface area contributed by atoms with Gasteiger partial charge in [-0.2, -0.15) is 0 Å². The monoisotopic (exact) mass is 367 g/mol. The summed E-state index contributed by atoms with van der Waals surface area (Å²) in [5.41, 5.74) is 1.88. The highest BCUT2D eigenvalue weighted by atomic mass is 16.1. The highest BCUT2D eigenvalue weighted by molar-refractivity contribution is 6.03. The largest absolute Gasteiger partial charge is 0.353 e. The Labute approximate surface area is 161 Å². The fourth-order valence-corrected chi connectivity index (χ4v) is 3.16. The van der Waals surface area contributed by atoms with Crippen molar-refractivity contribution in [1.29, 1.82) is 0 Å². The Kier molecular flexibility index (Phi) is 5.75. The first-order chi connectivity index (χ1) is 12.9. The van der Waals surface area contributed by atoms with E-state index < -0.39 is 0 Å². The molecule has 1 amide bonds. The molecule has 1 aromatic heterocycles. The van der Waals surface area contributed by atoms with E-state index in [0.29, 0.717) is 11.4 Å². The Hall–Kier alpha value is -2.47. The van der Waals surface area contributed by atoms with Crippen LogP contribution in [0.5, 0.6) is 0 Å². The lowest BCUT2D eigenvalue weighted by molar-refractivity contribution is 0.102. The van der Waals surface area contributed by atoms with Crippen molar-refractivity contribution in [2.75, 3.05) is 42.9 Å². The van der Waals surface area contributed by atoms with Crippen molar-refractivity contribution in [2.45, 2.75) is 33.1 Å². The second kappa shape index (κ2) is 8.05. The fraction of sp³-hybridized carbons (Fsp3) is 0.476. The molecule has 1 saturated heterocycles. The van der Waals surface area contributed by atoms with Gasteiger partial charge < -0.3 is 15.1 Å². The molecule has 6 heteroatoms. The van der Waals surface area contributed by atoms with Crippen LogP contribution in [0.4, 0.5) is 11.6 Å². The Morgan fingerprint density at radius 1 is 1.00 bits per heavy atom. The number of rotatable bonds is 4. The molecule has 1 aromatic carbocycles. The number of benzene rings is 1. The summed E-state index contributed by atoms with van der Waals surface area (Å²) < 4.78 is 0. The van der Waals surface area contributed by atoms with Crippen molar-refractivity contribution in [3.05, 3.63) is 47.5 Å². The van der Waals surface area contributed by atoms with Gasteiger partial charge in [-0.15, -0.1) is 10.2 Å². The number of hydrogen-bond acceptors (Lipinski definition) is 5. The van der Waals surface area contributed by atoms with Crippen LogP contribution < -0.4 is 10.2 Å². The summed E-state index contributed by atoms with van der Waals surface area (Å²) in [5, 5.41) is 11.3. The molecule has 3 rings (SSSR count). The molecule has 1 aliphatic heterocycles. The number of nitrogens with zero attached hydrogens (tertiary/aromatic N) is 4. The van der Waals surface area contributed by atoms with Crippen LogP contribution in [0.1, 0.15) is 43.6 Å². The predicted octanol–water partition coefficient (Wildman–Crippen LogP) is 3.17. The Morgan fingerprint density at radius 2 is 1.67 bits per heavy atom. The molecule has 2 aromatic rings. The zero-order chi connectivity index (χ0) is 19.4. The number of amides is 1. The van der Waals surface area contributed by atoms with E-state index in [-0.39, 0.29) is 11.3 Å². The maximum absolute atomic E-state index is 12.4. The molecule has 1 aliphatic rings. The fourth-order valence-electron chi connectivity index (χ4n) is 3.16. The van der Waals surface area contributed by atoms with E-state index in [2.05, 4.69) is 53.0 Å². The highest BCUT2D eigenvalue weighted by Crippen LogP contribution is 2.22. The normalized spacial score (nSPS) is 15.6. The van der Waals surface area contributed by atoms with Gasteiger partial charge in [0.15, 0.2) is 11.6 Å². The molecule has 0 radical (unpaired) electrons. The van der Waals surface area contributed by atoms with Crippen LogP contribution in [0.3, 0.4) is 0 Å². The minimum absolute atomic E-state index is 0.0684. The zero-order valence-electron chi connectivity index (χ0n) is 16.7. The van der Waals surface area contributed by atoms with E-state index in [1.54, 1.807) is 0 Å². The van der Waals surface area contributed by atoms with Crippen LogP contribution in [0.2, 0.25) is 0 Å². The molecule has 144 valence electrons. The Balaban J connectivity index is 1.60. The van der Waals surface area contributed by atoms with E-state index in [4.69, 9.17) is 0 Å². The number of carbonyl (C=O) groups is 1. The van der Waals surface area contributed by atoms with Crippen LogP contribution in [0.25, 0.3) is 0 Å². The van der Waals surface area contributed by atoms with Gasteiger partial charge in [-0.3, -0.25) is 4.79 Å². The lowest BCUT2D eigenvalue weighted by Crippen LogP contribution is -2.46. The summed E-state index contributed by atoms with van der Waals surface area (Å²) in [6.07, 6.45) is 0. The molecule has 1 fully saturated rings. The minimum atomic E-state index is -0.172. The third kappa shape index (κ3) is 4.83. The maximum atomic E-state index is 12.4. The number of nitrogens with one attached hydrogen (secondary N) is 1. The van der Waals surface area contributed by atoms with Crippen molar-refractivity contribution >= 4 is 17.5 Å². The Bertz CT molecular complexity index is 757. The molecule has 0 unspecified atom stereocenters. The van der Waals surface area contributed by atoms with Gasteiger partial charge in [-0.1, -0.05) is 39.8 Å². The van der Waals surface area contributed by atoms with Gasteiger partial charge in [-0.05, 0) is 41.8 Å². The van der Waals surface area contributed by atoms with Gasteiger partial charge in [0.1, 0.15) is 0 Å². The van der Waals surface area contributed by atoms with Crippen LogP contribution in [0.15, 0.2) is 36.4 Å². The third-order valence-electron chi connectivity index (χ3n) is 5.05. The van der Waals surface area contributed by atoms with Gasteiger partial charge in [0.25, 0.3) is 5.91 Å². The third-order valence-corrected chi connectivity index (χ3v) is 5.05. The van der Waals surface area contributed by atoms with Crippen molar-refractivity contribution in [2.24, 2.45) is 0 Å². The first-order valence-corrected chi connectivity index (χ1v) is 9.60. The number of aromatic nitrogens is 2. The maximum Gasteiger partial charge on any atom is 0.256 e. The van der Waals surface area contributed by atoms with Crippen molar-refractivity contribution < 1.29 is 4.79 Å². The lowest BCUT2D eigenvalue weighted by Gasteiger charge is -2.34. The highest BCUT2D eigenvalue weighted by Gasteiger charge is 2.18. The molecule has 6 nitrogen and oxygen atoms in total. The minimum Gasteiger partial charge on any atom is -0.353 e. The SMILES string of the molecule is CCN1CCN(c2ccc(NC(=O)c3ccc(C(C)(C)C)cc3)nn2)CC1. The molecular weight excluding hydrogens is 338 g/mol. The van der Waals surface area contributed by atoms with E-state index >= 15 is 0 Å². The first-order valence-electron chi connectivity index (χ1n) is 9.60. The number of piperazine rings is 1. The number of carbonyl (C=O) groups excluding carboxylic acids is 1. The van der Waals surface area contributed by atoms with Gasteiger partial charge >= 0.3 is 0 Å². The van der Waals surface area contributed by atoms with Crippen molar-refractivity contribution in [1.82, 2.24) is 15.1 Å². The lowest BCUT2D eigenvalue weighted by atomic mass is 9.87. The summed E-state index contributed by atoms with van der Waals surface area (Å²) in [6, 6.07) is 11.4. The number of hydrogen-bond donors (Lipinski definition) is 1. The molecule has 1 N–H and O–H groups in total. The van der Waals surface area contributed by atoms with E-state index in [0.717, 1.165) is 38.5 Å². The first kappa shape index (κ1) is 19.3. The molecule has 0 atom stereocenters. The zero-order valence-corrected chi connectivity index (χ0v) is 16.7. The Morgan fingerprint density at radius 3 is 2.19 bits per heavy atom. The second-order valence-electron chi connectivity index (χ2n) is 7.98. The van der Waals surface area contributed by atoms with Crippen LogP contribution >= 0.6 is 0 Å². The van der Waals surface area contributed by atoms with Crippen LogP contribution in [-0.4, -0.2) is 53.7 Å². The molecule has 0 bridgehead atoms. The van der Waals surface area contributed by atoms with Gasteiger partial charge in [-0.25, -0.2) is 0 Å². The molecule has 0 spiro atoms. The summed E-state index contributed by atoms with van der Waals surface area (Å²) in [6.45, 7) is 13.7. The summed E-state index contributed by atoms with van der Waals surface area (Å²) in [4.78, 5) is 17.1. The summed E-state index contributed by atoms with van der Waals surface area (Å²) in [5.74, 6) is 1.16. The number of likely N-dealkylation sites (N-methyl/N-ethyl adjacent to an activating group) is 1. The second-order valence-corrected chi connectivity index (χ2v) is 7.98. The van der Waals surface area contributed by atoms with Gasteiger partial charge in [0.2, 0.25) is 0 Å². The average Bonchev–Trinajstić information content (AvgIpc) is 2.68. The van der Waals surface area contributed by atoms with E-state index in [9.17, 15) is 4.79 Å². The average molecular weight is 367 g/mol. The van der Waals surface area contributed by atoms with Crippen LogP contribution in [0, 0.1) is 0 Å². The molecule has 0 saturated carbocycles. The van der Waals surface area contributed by atoms with Crippen molar-refractivity contribution in [3.8, 4) is 0 Å². The summed E-state index contributed by atoms with van der Waals surface area (Å²) >= 11 is 0. The molecule has 0 aliphatic carbocycles. The van der Waals surface area contributed by atoms with Crippen LogP contribution in [-0.2, 0) is 5.41 Å². The summed E-state index contributed by atoms with van der Waals surface area (Å²) in [7, 11) is 0. The standard InChI is InChI=1S/C21H29N5O/c1-5-25-12-14-26(15-13-25)19-11-10-18(23-24-19)22-20(27)16-6-8-17(9-7-16)21(2,3)4/h6-11H,5,12-15H2,1-4H3,(H,22,23,27). The number of anilines is 2. The predicted molar refractivity (Wildman–Crippen MR) is 109 cm³/mol. The topological polar surface area (TPSA) is 61.4 Å². The van der Waals surface area contributed by atoms with Gasteiger partial charge in [0.05, 0.1) is 0 Å². The quantitative estimate of drug-likeness (QED) is 0.899.